The van der Waals surface area contributed by atoms with E-state index in [0.717, 1.165) is 31.2 Å². The van der Waals surface area contributed by atoms with Gasteiger partial charge in [0.2, 0.25) is 0 Å². The van der Waals surface area contributed by atoms with Gasteiger partial charge in [-0.2, -0.15) is 11.8 Å². The van der Waals surface area contributed by atoms with Crippen molar-refractivity contribution in [1.29, 1.82) is 0 Å². The van der Waals surface area contributed by atoms with E-state index in [-0.39, 0.29) is 0 Å². The van der Waals surface area contributed by atoms with Crippen LogP contribution in [0.3, 0.4) is 0 Å². The molecule has 0 aromatic heterocycles. The second kappa shape index (κ2) is 6.19. The molecule has 2 aliphatic rings. The van der Waals surface area contributed by atoms with Crippen molar-refractivity contribution in [2.45, 2.75) is 32.2 Å². The van der Waals surface area contributed by atoms with Gasteiger partial charge in [-0.25, -0.2) is 0 Å². The normalized spacial score (nSPS) is 23.1. The van der Waals surface area contributed by atoms with Crippen LogP contribution in [0.1, 0.15) is 36.9 Å². The summed E-state index contributed by atoms with van der Waals surface area (Å²) in [5, 5.41) is 3.76. The summed E-state index contributed by atoms with van der Waals surface area (Å²) < 4.78 is 5.62. The Kier molecular flexibility index (Phi) is 4.34. The van der Waals surface area contributed by atoms with Gasteiger partial charge in [0.1, 0.15) is 5.75 Å². The van der Waals surface area contributed by atoms with Crippen molar-refractivity contribution in [3.63, 3.8) is 0 Å². The summed E-state index contributed by atoms with van der Waals surface area (Å²) in [6, 6.07) is 7.33. The predicted molar refractivity (Wildman–Crippen MR) is 82.1 cm³/mol. The molecule has 2 atom stereocenters. The molecular weight excluding hydrogens is 254 g/mol. The predicted octanol–water partition coefficient (Wildman–Crippen LogP) is 3.42. The minimum absolute atomic E-state index is 0.529. The molecule has 19 heavy (non-hydrogen) atoms. The van der Waals surface area contributed by atoms with Crippen molar-refractivity contribution in [3.8, 4) is 5.75 Å². The van der Waals surface area contributed by atoms with Gasteiger partial charge in [0.25, 0.3) is 0 Å². The minimum atomic E-state index is 0.529. The van der Waals surface area contributed by atoms with E-state index in [9.17, 15) is 0 Å². The lowest BCUT2D eigenvalue weighted by Gasteiger charge is -2.25. The van der Waals surface area contributed by atoms with Crippen molar-refractivity contribution in [2.24, 2.45) is 5.92 Å². The highest BCUT2D eigenvalue weighted by Gasteiger charge is 2.27. The van der Waals surface area contributed by atoms with Gasteiger partial charge in [0, 0.05) is 12.5 Å². The molecule has 2 nitrogen and oxygen atoms in total. The molecule has 1 saturated heterocycles. The van der Waals surface area contributed by atoms with Gasteiger partial charge in [-0.1, -0.05) is 19.1 Å². The summed E-state index contributed by atoms with van der Waals surface area (Å²) >= 11 is 2.10. The van der Waals surface area contributed by atoms with Gasteiger partial charge in [-0.3, -0.25) is 0 Å². The van der Waals surface area contributed by atoms with E-state index in [1.807, 2.05) is 0 Å². The van der Waals surface area contributed by atoms with Crippen LogP contribution in [0.15, 0.2) is 18.2 Å². The summed E-state index contributed by atoms with van der Waals surface area (Å²) in [6.45, 7) is 4.20. The molecule has 1 fully saturated rings. The largest absolute Gasteiger partial charge is 0.493 e. The van der Waals surface area contributed by atoms with Crippen molar-refractivity contribution >= 4 is 11.8 Å². The van der Waals surface area contributed by atoms with E-state index in [1.165, 1.54) is 35.5 Å². The first-order valence-corrected chi connectivity index (χ1v) is 8.60. The maximum Gasteiger partial charge on any atom is 0.122 e. The smallest absolute Gasteiger partial charge is 0.122 e. The Morgan fingerprint density at radius 3 is 3.21 bits per heavy atom. The van der Waals surface area contributed by atoms with Gasteiger partial charge in [-0.15, -0.1) is 0 Å². The second-order valence-electron chi connectivity index (χ2n) is 5.52. The van der Waals surface area contributed by atoms with Crippen molar-refractivity contribution in [1.82, 2.24) is 5.32 Å². The van der Waals surface area contributed by atoms with Crippen LogP contribution in [-0.2, 0) is 6.42 Å². The number of benzene rings is 1. The average molecular weight is 277 g/mol. The molecule has 2 unspecified atom stereocenters. The molecule has 0 spiro atoms. The monoisotopic (exact) mass is 277 g/mol. The number of hydrogen-bond acceptors (Lipinski definition) is 3. The number of thioether (sulfide) groups is 1. The molecule has 1 aromatic rings. The highest BCUT2D eigenvalue weighted by Crippen LogP contribution is 2.36. The number of fused-ring (bicyclic) bond motifs is 1. The van der Waals surface area contributed by atoms with Gasteiger partial charge in [0.15, 0.2) is 0 Å². The van der Waals surface area contributed by atoms with E-state index < -0.39 is 0 Å². The van der Waals surface area contributed by atoms with E-state index in [4.69, 9.17) is 4.74 Å². The van der Waals surface area contributed by atoms with Gasteiger partial charge in [-0.05, 0) is 54.0 Å². The lowest BCUT2D eigenvalue weighted by atomic mass is 9.91. The van der Waals surface area contributed by atoms with Gasteiger partial charge >= 0.3 is 0 Å². The zero-order chi connectivity index (χ0) is 13.1. The van der Waals surface area contributed by atoms with Crippen molar-refractivity contribution < 1.29 is 4.74 Å². The number of nitrogens with one attached hydrogen (secondary N) is 1. The van der Waals surface area contributed by atoms with Crippen LogP contribution >= 0.6 is 11.8 Å². The Hall–Kier alpha value is -0.670. The minimum Gasteiger partial charge on any atom is -0.493 e. The maximum absolute atomic E-state index is 5.62. The zero-order valence-corrected chi connectivity index (χ0v) is 12.5. The first kappa shape index (κ1) is 13.3. The topological polar surface area (TPSA) is 21.3 Å². The van der Waals surface area contributed by atoms with Gasteiger partial charge < -0.3 is 10.1 Å². The third-order valence-corrected chi connectivity index (χ3v) is 5.31. The lowest BCUT2D eigenvalue weighted by Crippen LogP contribution is -2.29. The Morgan fingerprint density at radius 2 is 2.42 bits per heavy atom. The number of ether oxygens (including phenoxy) is 1. The Labute approximate surface area is 120 Å². The fourth-order valence-corrected chi connectivity index (χ4v) is 4.37. The SMILES string of the molecule is CCCNC(c1ccc2c(c1)CCO2)C1CCSC1. The zero-order valence-electron chi connectivity index (χ0n) is 11.7. The highest BCUT2D eigenvalue weighted by atomic mass is 32.2. The first-order chi connectivity index (χ1) is 9.38. The third kappa shape index (κ3) is 2.92. The molecule has 1 N–H and O–H groups in total. The Bertz CT molecular complexity index is 429. The van der Waals surface area contributed by atoms with Crippen LogP contribution in [0.5, 0.6) is 5.75 Å². The average Bonchev–Trinajstić information content (AvgIpc) is 3.09. The molecule has 2 aliphatic heterocycles. The van der Waals surface area contributed by atoms with E-state index in [1.54, 1.807) is 0 Å². The summed E-state index contributed by atoms with van der Waals surface area (Å²) in [6.07, 6.45) is 3.62. The molecular formula is C16H23NOS. The van der Waals surface area contributed by atoms with E-state index in [2.05, 4.69) is 42.2 Å². The highest BCUT2D eigenvalue weighted by molar-refractivity contribution is 7.99. The summed E-state index contributed by atoms with van der Waals surface area (Å²) in [5.74, 6) is 4.51. The van der Waals surface area contributed by atoms with E-state index in [0.29, 0.717) is 6.04 Å². The number of rotatable bonds is 5. The number of hydrogen-bond donors (Lipinski definition) is 1. The third-order valence-electron chi connectivity index (χ3n) is 4.12. The summed E-state index contributed by atoms with van der Waals surface area (Å²) in [4.78, 5) is 0. The molecule has 0 radical (unpaired) electrons. The fraction of sp³-hybridized carbons (Fsp3) is 0.625. The standard InChI is InChI=1S/C16H23NOS/c1-2-7-17-16(14-6-9-19-11-14)13-3-4-15-12(10-13)5-8-18-15/h3-4,10,14,16-17H,2,5-9,11H2,1H3. The lowest BCUT2D eigenvalue weighted by molar-refractivity contribution is 0.356. The summed E-state index contributed by atoms with van der Waals surface area (Å²) in [7, 11) is 0. The van der Waals surface area contributed by atoms with Crippen LogP contribution in [0.2, 0.25) is 0 Å². The van der Waals surface area contributed by atoms with Crippen LogP contribution in [0.4, 0.5) is 0 Å². The second-order valence-corrected chi connectivity index (χ2v) is 6.67. The van der Waals surface area contributed by atoms with Gasteiger partial charge in [0.05, 0.1) is 6.61 Å². The molecule has 2 heterocycles. The van der Waals surface area contributed by atoms with Crippen LogP contribution in [-0.4, -0.2) is 24.7 Å². The molecule has 104 valence electrons. The quantitative estimate of drug-likeness (QED) is 0.891. The molecule has 0 amide bonds. The summed E-state index contributed by atoms with van der Waals surface area (Å²) in [5.41, 5.74) is 2.86. The van der Waals surface area contributed by atoms with Crippen molar-refractivity contribution in [3.05, 3.63) is 29.3 Å². The molecule has 3 rings (SSSR count). The molecule has 1 aromatic carbocycles. The Balaban J connectivity index is 1.81. The Morgan fingerprint density at radius 1 is 1.47 bits per heavy atom. The van der Waals surface area contributed by atoms with Crippen LogP contribution < -0.4 is 10.1 Å². The van der Waals surface area contributed by atoms with Crippen molar-refractivity contribution in [2.75, 3.05) is 24.7 Å². The maximum atomic E-state index is 5.62. The first-order valence-electron chi connectivity index (χ1n) is 7.45. The van der Waals surface area contributed by atoms with Crippen LogP contribution in [0.25, 0.3) is 0 Å². The van der Waals surface area contributed by atoms with E-state index >= 15 is 0 Å². The fourth-order valence-electron chi connectivity index (χ4n) is 3.07. The van der Waals surface area contributed by atoms with Crippen LogP contribution in [0, 0.1) is 5.92 Å². The molecule has 0 bridgehead atoms. The molecule has 0 saturated carbocycles. The molecule has 3 heteroatoms. The molecule has 0 aliphatic carbocycles.